The molecule has 1 aliphatic rings. The summed E-state index contributed by atoms with van der Waals surface area (Å²) in [5.41, 5.74) is 1.69. The third-order valence-electron chi connectivity index (χ3n) is 4.31. The first-order valence-electron chi connectivity index (χ1n) is 7.72. The summed E-state index contributed by atoms with van der Waals surface area (Å²) in [6.07, 6.45) is 3.10. The van der Waals surface area contributed by atoms with Crippen molar-refractivity contribution in [2.75, 3.05) is 13.1 Å². The van der Waals surface area contributed by atoms with Gasteiger partial charge in [0.25, 0.3) is 5.91 Å². The number of pyridine rings is 1. The van der Waals surface area contributed by atoms with Gasteiger partial charge in [-0.2, -0.15) is 5.26 Å². The highest BCUT2D eigenvalue weighted by atomic mass is 19.1. The Hall–Kier alpha value is -2.94. The average molecular weight is 325 g/mol. The Labute approximate surface area is 139 Å². The van der Waals surface area contributed by atoms with Gasteiger partial charge in [-0.15, -0.1) is 0 Å². The van der Waals surface area contributed by atoms with E-state index in [0.29, 0.717) is 18.7 Å². The fourth-order valence-electron chi connectivity index (χ4n) is 2.91. The van der Waals surface area contributed by atoms with Crippen molar-refractivity contribution >= 4 is 5.91 Å². The molecule has 0 bridgehead atoms. The molecule has 0 unspecified atom stereocenters. The smallest absolute Gasteiger partial charge is 0.253 e. The van der Waals surface area contributed by atoms with E-state index in [4.69, 9.17) is 5.26 Å². The molecule has 0 spiro atoms. The van der Waals surface area contributed by atoms with Crippen LogP contribution in [0.2, 0.25) is 0 Å². The van der Waals surface area contributed by atoms with Crippen molar-refractivity contribution in [3.05, 3.63) is 59.2 Å². The van der Waals surface area contributed by atoms with Gasteiger partial charge in [-0.05, 0) is 43.2 Å². The molecule has 0 atom stereocenters. The molecule has 3 rings (SSSR count). The highest BCUT2D eigenvalue weighted by Gasteiger charge is 2.25. The van der Waals surface area contributed by atoms with Gasteiger partial charge in [0, 0.05) is 36.5 Å². The Balaban J connectivity index is 1.64. The lowest BCUT2D eigenvalue weighted by atomic mass is 9.92. The Morgan fingerprint density at radius 2 is 2.04 bits per heavy atom. The van der Waals surface area contributed by atoms with Crippen LogP contribution >= 0.6 is 0 Å². The maximum Gasteiger partial charge on any atom is 0.253 e. The summed E-state index contributed by atoms with van der Waals surface area (Å²) in [5, 5.41) is 18.0. The predicted molar refractivity (Wildman–Crippen MR) is 84.9 cm³/mol. The first-order chi connectivity index (χ1) is 11.6. The molecule has 122 valence electrons. The standard InChI is InChI=1S/C18H16FN3O2/c19-15-9-14(2-4-17(15)23)18(24)22-7-5-13(6-8-22)16-3-1-12(10-20)11-21-16/h1-4,9,11,13,23H,5-8H2. The topological polar surface area (TPSA) is 77.2 Å². The monoisotopic (exact) mass is 325 g/mol. The van der Waals surface area contributed by atoms with E-state index >= 15 is 0 Å². The van der Waals surface area contributed by atoms with E-state index in [1.165, 1.54) is 12.1 Å². The number of hydrogen-bond acceptors (Lipinski definition) is 4. The van der Waals surface area contributed by atoms with E-state index in [0.717, 1.165) is 24.6 Å². The molecule has 1 aromatic heterocycles. The van der Waals surface area contributed by atoms with Crippen LogP contribution in [0.25, 0.3) is 0 Å². The second-order valence-electron chi connectivity index (χ2n) is 5.82. The number of amides is 1. The fourth-order valence-corrected chi connectivity index (χ4v) is 2.91. The molecular formula is C18H16FN3O2. The summed E-state index contributed by atoms with van der Waals surface area (Å²) in [6.45, 7) is 1.13. The number of phenols is 1. The number of rotatable bonds is 2. The fraction of sp³-hybridized carbons (Fsp3) is 0.278. The molecule has 1 aliphatic heterocycles. The van der Waals surface area contributed by atoms with E-state index in [9.17, 15) is 14.3 Å². The summed E-state index contributed by atoms with van der Waals surface area (Å²) in [7, 11) is 0. The summed E-state index contributed by atoms with van der Waals surface area (Å²) in [4.78, 5) is 18.4. The lowest BCUT2D eigenvalue weighted by Gasteiger charge is -2.31. The minimum atomic E-state index is -0.794. The van der Waals surface area contributed by atoms with Crippen LogP contribution in [-0.4, -0.2) is 34.0 Å². The van der Waals surface area contributed by atoms with Crippen molar-refractivity contribution in [3.63, 3.8) is 0 Å². The number of carbonyl (C=O) groups is 1. The third-order valence-corrected chi connectivity index (χ3v) is 4.31. The van der Waals surface area contributed by atoms with Gasteiger partial charge in [0.2, 0.25) is 0 Å². The molecule has 0 radical (unpaired) electrons. The van der Waals surface area contributed by atoms with Crippen molar-refractivity contribution in [2.45, 2.75) is 18.8 Å². The highest BCUT2D eigenvalue weighted by Crippen LogP contribution is 2.28. The lowest BCUT2D eigenvalue weighted by Crippen LogP contribution is -2.38. The highest BCUT2D eigenvalue weighted by molar-refractivity contribution is 5.94. The summed E-state index contributed by atoms with van der Waals surface area (Å²) < 4.78 is 13.4. The number of halogens is 1. The number of likely N-dealkylation sites (tertiary alicyclic amines) is 1. The Kier molecular flexibility index (Phi) is 4.43. The van der Waals surface area contributed by atoms with Gasteiger partial charge in [0.05, 0.1) is 5.56 Å². The van der Waals surface area contributed by atoms with Gasteiger partial charge in [0.1, 0.15) is 6.07 Å². The minimum absolute atomic E-state index is 0.236. The molecule has 24 heavy (non-hydrogen) atoms. The second-order valence-corrected chi connectivity index (χ2v) is 5.82. The molecule has 1 N–H and O–H groups in total. The number of aromatic hydroxyl groups is 1. The van der Waals surface area contributed by atoms with Gasteiger partial charge in [-0.1, -0.05) is 0 Å². The Morgan fingerprint density at radius 3 is 2.62 bits per heavy atom. The summed E-state index contributed by atoms with van der Waals surface area (Å²) in [5.74, 6) is -1.24. The van der Waals surface area contributed by atoms with Gasteiger partial charge in [-0.25, -0.2) is 4.39 Å². The molecule has 1 amide bonds. The zero-order valence-electron chi connectivity index (χ0n) is 12.9. The van der Waals surface area contributed by atoms with Crippen LogP contribution in [0.3, 0.4) is 0 Å². The van der Waals surface area contributed by atoms with Crippen LogP contribution in [0.4, 0.5) is 4.39 Å². The SMILES string of the molecule is N#Cc1ccc(C2CCN(C(=O)c3ccc(O)c(F)c3)CC2)nc1. The predicted octanol–water partition coefficient (Wildman–Crippen LogP) is 2.82. The molecule has 5 nitrogen and oxygen atoms in total. The number of phenolic OH excluding ortho intramolecular Hbond substituents is 1. The number of piperidine rings is 1. The number of nitrogens with zero attached hydrogens (tertiary/aromatic N) is 3. The Morgan fingerprint density at radius 1 is 1.29 bits per heavy atom. The first-order valence-corrected chi connectivity index (χ1v) is 7.72. The summed E-state index contributed by atoms with van der Waals surface area (Å²) >= 11 is 0. The van der Waals surface area contributed by atoms with Crippen LogP contribution in [0.1, 0.15) is 40.4 Å². The van der Waals surface area contributed by atoms with E-state index in [1.807, 2.05) is 12.1 Å². The van der Waals surface area contributed by atoms with Crippen LogP contribution in [0, 0.1) is 17.1 Å². The number of aromatic nitrogens is 1. The normalized spacial score (nSPS) is 15.1. The maximum absolute atomic E-state index is 13.4. The largest absolute Gasteiger partial charge is 0.505 e. The van der Waals surface area contributed by atoms with Crippen molar-refractivity contribution in [3.8, 4) is 11.8 Å². The van der Waals surface area contributed by atoms with Gasteiger partial charge < -0.3 is 10.0 Å². The van der Waals surface area contributed by atoms with Crippen LogP contribution < -0.4 is 0 Å². The average Bonchev–Trinajstić information content (AvgIpc) is 2.63. The Bertz CT molecular complexity index is 791. The van der Waals surface area contributed by atoms with Gasteiger partial charge >= 0.3 is 0 Å². The van der Waals surface area contributed by atoms with Crippen molar-refractivity contribution in [1.29, 1.82) is 5.26 Å². The molecule has 0 saturated carbocycles. The molecule has 1 fully saturated rings. The zero-order valence-corrected chi connectivity index (χ0v) is 12.9. The zero-order chi connectivity index (χ0) is 17.1. The number of hydrogen-bond donors (Lipinski definition) is 1. The van der Waals surface area contributed by atoms with Crippen LogP contribution in [0.15, 0.2) is 36.5 Å². The molecule has 6 heteroatoms. The minimum Gasteiger partial charge on any atom is -0.505 e. The molecule has 0 aliphatic carbocycles. The van der Waals surface area contributed by atoms with E-state index < -0.39 is 11.6 Å². The van der Waals surface area contributed by atoms with Crippen molar-refractivity contribution in [2.24, 2.45) is 0 Å². The molecule has 2 heterocycles. The number of nitriles is 1. The van der Waals surface area contributed by atoms with Gasteiger partial charge in [-0.3, -0.25) is 9.78 Å². The van der Waals surface area contributed by atoms with Gasteiger partial charge in [0.15, 0.2) is 11.6 Å². The summed E-state index contributed by atoms with van der Waals surface area (Å²) in [6, 6.07) is 9.33. The molecule has 1 saturated heterocycles. The molecular weight excluding hydrogens is 309 g/mol. The van der Waals surface area contributed by atoms with Crippen molar-refractivity contribution in [1.82, 2.24) is 9.88 Å². The molecule has 2 aromatic rings. The van der Waals surface area contributed by atoms with E-state index in [-0.39, 0.29) is 17.4 Å². The lowest BCUT2D eigenvalue weighted by molar-refractivity contribution is 0.0711. The van der Waals surface area contributed by atoms with E-state index in [1.54, 1.807) is 17.2 Å². The first kappa shape index (κ1) is 15.9. The third kappa shape index (κ3) is 3.20. The van der Waals surface area contributed by atoms with Crippen LogP contribution in [-0.2, 0) is 0 Å². The quantitative estimate of drug-likeness (QED) is 0.921. The number of benzene rings is 1. The molecule has 1 aromatic carbocycles. The van der Waals surface area contributed by atoms with Crippen LogP contribution in [0.5, 0.6) is 5.75 Å². The van der Waals surface area contributed by atoms with Crippen molar-refractivity contribution < 1.29 is 14.3 Å². The van der Waals surface area contributed by atoms with E-state index in [2.05, 4.69) is 4.98 Å². The second kappa shape index (κ2) is 6.67. The number of carbonyl (C=O) groups excluding carboxylic acids is 1. The maximum atomic E-state index is 13.4.